The minimum absolute atomic E-state index is 0.0231. The van der Waals surface area contributed by atoms with E-state index < -0.39 is 30.3 Å². The number of anilines is 1. The Hall–Kier alpha value is -3.58. The Morgan fingerprint density at radius 3 is 2.51 bits per heavy atom. The zero-order valence-electron chi connectivity index (χ0n) is 22.0. The molecule has 3 aromatic heterocycles. The van der Waals surface area contributed by atoms with E-state index in [1.807, 2.05) is 13.8 Å². The molecule has 2 aliphatic rings. The molecule has 0 radical (unpaired) electrons. The smallest absolute Gasteiger partial charge is 0.346 e. The summed E-state index contributed by atoms with van der Waals surface area (Å²) < 4.78 is 39.4. The molecule has 208 valence electrons. The Morgan fingerprint density at radius 1 is 1.26 bits per heavy atom. The third-order valence-corrected chi connectivity index (χ3v) is 9.34. The fraction of sp³-hybridized carbons (Fsp3) is 0.458. The second kappa shape index (κ2) is 10.5. The third-order valence-electron chi connectivity index (χ3n) is 6.52. The number of amides is 1. The van der Waals surface area contributed by atoms with Crippen LogP contribution in [0.3, 0.4) is 0 Å². The number of nitro groups is 1. The maximum absolute atomic E-state index is 13.3. The van der Waals surface area contributed by atoms with Gasteiger partial charge < -0.3 is 13.7 Å². The molecule has 1 atom stereocenters. The molecule has 2 aliphatic heterocycles. The number of hydrogen-bond donors (Lipinski definition) is 1. The van der Waals surface area contributed by atoms with Crippen LogP contribution in [0, 0.1) is 24.0 Å². The van der Waals surface area contributed by atoms with Gasteiger partial charge in [0.1, 0.15) is 35.7 Å². The normalized spacial score (nSPS) is 16.2. The summed E-state index contributed by atoms with van der Waals surface area (Å²) in [4.78, 5) is 28.3. The van der Waals surface area contributed by atoms with E-state index in [2.05, 4.69) is 15.5 Å². The highest BCUT2D eigenvalue weighted by Crippen LogP contribution is 2.63. The molecule has 1 N–H and O–H groups in total. The van der Waals surface area contributed by atoms with Crippen LogP contribution in [0.4, 0.5) is 11.6 Å². The summed E-state index contributed by atoms with van der Waals surface area (Å²) in [5.74, 6) is 0.0465. The average molecular weight is 561 g/mol. The lowest BCUT2D eigenvalue weighted by molar-refractivity contribution is -0.384. The Bertz CT molecular complexity index is 1430. The topological polar surface area (TPSA) is 166 Å². The van der Waals surface area contributed by atoms with Crippen molar-refractivity contribution in [1.82, 2.24) is 19.5 Å². The zero-order chi connectivity index (χ0) is 27.9. The number of furan rings is 1. The van der Waals surface area contributed by atoms with Crippen LogP contribution >= 0.6 is 7.67 Å². The Kier molecular flexibility index (Phi) is 7.29. The van der Waals surface area contributed by atoms with Gasteiger partial charge in [0.05, 0.1) is 22.2 Å². The van der Waals surface area contributed by atoms with Gasteiger partial charge in [-0.3, -0.25) is 34.3 Å². The van der Waals surface area contributed by atoms with Crippen LogP contribution in [0.15, 0.2) is 27.3 Å². The maximum atomic E-state index is 13.3. The molecule has 0 bridgehead atoms. The molecule has 5 rings (SSSR count). The van der Waals surface area contributed by atoms with E-state index in [4.69, 9.17) is 18.2 Å². The number of ether oxygens (including phenoxy) is 1. The number of hydrogen-bond acceptors (Lipinski definition) is 10. The highest BCUT2D eigenvalue weighted by Gasteiger charge is 2.50. The zero-order valence-corrected chi connectivity index (χ0v) is 22.9. The molecule has 0 saturated carbocycles. The van der Waals surface area contributed by atoms with E-state index in [0.717, 1.165) is 11.1 Å². The predicted molar refractivity (Wildman–Crippen MR) is 137 cm³/mol. The van der Waals surface area contributed by atoms with E-state index in [1.165, 1.54) is 18.3 Å². The molecule has 2 saturated heterocycles. The summed E-state index contributed by atoms with van der Waals surface area (Å²) in [6.45, 7) is 9.94. The van der Waals surface area contributed by atoms with Gasteiger partial charge >= 0.3 is 13.4 Å². The second-order valence-corrected chi connectivity index (χ2v) is 11.7. The van der Waals surface area contributed by atoms with Crippen molar-refractivity contribution in [3.8, 4) is 5.75 Å². The van der Waals surface area contributed by atoms with Gasteiger partial charge in [-0.1, -0.05) is 12.1 Å². The molecule has 0 spiro atoms. The molecule has 39 heavy (non-hydrogen) atoms. The second-order valence-electron chi connectivity index (χ2n) is 9.34. The van der Waals surface area contributed by atoms with Gasteiger partial charge in [-0.2, -0.15) is 0 Å². The van der Waals surface area contributed by atoms with Crippen molar-refractivity contribution < 1.29 is 32.5 Å². The molecule has 2 fully saturated rings. The first-order chi connectivity index (χ1) is 18.6. The summed E-state index contributed by atoms with van der Waals surface area (Å²) in [5, 5.41) is 18.1. The molecule has 14 nitrogen and oxygen atoms in total. The summed E-state index contributed by atoms with van der Waals surface area (Å²) in [6, 6.07) is 2.64. The van der Waals surface area contributed by atoms with E-state index in [1.54, 1.807) is 23.2 Å². The van der Waals surface area contributed by atoms with Crippen molar-refractivity contribution in [2.24, 2.45) is 0 Å². The maximum Gasteiger partial charge on any atom is 0.346 e. The van der Waals surface area contributed by atoms with Crippen LogP contribution in [0.25, 0.3) is 0 Å². The number of carbonyl (C=O) groups excluding carboxylic acids is 1. The van der Waals surface area contributed by atoms with Crippen LogP contribution in [0.5, 0.6) is 5.75 Å². The first kappa shape index (κ1) is 27.0. The SMILES string of the molecule is CCc1cnc(C(=O)Nc2oc(C(C)OP(=O)(N3CC3)N3CC3)cc2[N+](=O)[O-])cc1OCc1c(C)noc1C. The number of aryl methyl sites for hydroxylation is 3. The van der Waals surface area contributed by atoms with Gasteiger partial charge in [-0.25, -0.2) is 9.34 Å². The summed E-state index contributed by atoms with van der Waals surface area (Å²) in [5.41, 5.74) is 1.80. The Morgan fingerprint density at radius 2 is 1.95 bits per heavy atom. The Labute approximate surface area is 223 Å². The largest absolute Gasteiger partial charge is 0.488 e. The number of rotatable bonds is 12. The minimum Gasteiger partial charge on any atom is -0.488 e. The number of carbonyl (C=O) groups is 1. The first-order valence-electron chi connectivity index (χ1n) is 12.5. The van der Waals surface area contributed by atoms with E-state index >= 15 is 0 Å². The van der Waals surface area contributed by atoms with Gasteiger partial charge in [0.2, 0.25) is 0 Å². The standard InChI is InChI=1S/C24H29N6O8P/c1-5-17-12-25-19(10-22(17)35-13-18-14(2)27-37-15(18)3)23(31)26-24-20(30(32)33)11-21(36-24)16(4)38-39(34,28-6-7-28)29-8-9-29/h10-12,16H,5-9,13H2,1-4H3,(H,26,31). The average Bonchev–Trinajstić information content (AvgIpc) is 3.83. The summed E-state index contributed by atoms with van der Waals surface area (Å²) in [7, 11) is -3.20. The number of nitrogens with zero attached hydrogens (tertiary/aromatic N) is 5. The lowest BCUT2D eigenvalue weighted by Gasteiger charge is -2.22. The van der Waals surface area contributed by atoms with Gasteiger partial charge in [0.25, 0.3) is 11.8 Å². The van der Waals surface area contributed by atoms with Crippen molar-refractivity contribution in [1.29, 1.82) is 0 Å². The third kappa shape index (κ3) is 5.59. The Balaban J connectivity index is 1.33. The molecular weight excluding hydrogens is 531 g/mol. The van der Waals surface area contributed by atoms with Crippen molar-refractivity contribution in [2.45, 2.75) is 46.8 Å². The van der Waals surface area contributed by atoms with Gasteiger partial charge in [-0.15, -0.1) is 0 Å². The van der Waals surface area contributed by atoms with Crippen LogP contribution in [-0.2, 0) is 22.1 Å². The summed E-state index contributed by atoms with van der Waals surface area (Å²) in [6.07, 6.45) is 1.27. The highest BCUT2D eigenvalue weighted by molar-refractivity contribution is 7.54. The molecule has 0 aliphatic carbocycles. The van der Waals surface area contributed by atoms with Crippen LogP contribution < -0.4 is 10.1 Å². The fourth-order valence-corrected chi connectivity index (χ4v) is 6.33. The number of aromatic nitrogens is 2. The molecule has 1 amide bonds. The van der Waals surface area contributed by atoms with Crippen LogP contribution in [0.1, 0.15) is 58.8 Å². The van der Waals surface area contributed by atoms with Gasteiger partial charge in [-0.05, 0) is 27.2 Å². The number of pyridine rings is 1. The van der Waals surface area contributed by atoms with Crippen molar-refractivity contribution >= 4 is 25.1 Å². The van der Waals surface area contributed by atoms with E-state index in [-0.39, 0.29) is 23.9 Å². The van der Waals surface area contributed by atoms with Gasteiger partial charge in [0, 0.05) is 44.0 Å². The lowest BCUT2D eigenvalue weighted by atomic mass is 10.1. The molecular formula is C24H29N6O8P. The van der Waals surface area contributed by atoms with Gasteiger partial charge in [0.15, 0.2) is 0 Å². The molecule has 5 heterocycles. The summed E-state index contributed by atoms with van der Waals surface area (Å²) >= 11 is 0. The molecule has 3 aromatic rings. The van der Waals surface area contributed by atoms with E-state index in [9.17, 15) is 19.5 Å². The molecule has 0 aromatic carbocycles. The van der Waals surface area contributed by atoms with Crippen LogP contribution in [0.2, 0.25) is 0 Å². The van der Waals surface area contributed by atoms with Crippen LogP contribution in [-0.4, -0.2) is 56.5 Å². The van der Waals surface area contributed by atoms with Crippen molar-refractivity contribution in [3.05, 3.63) is 62.5 Å². The van der Waals surface area contributed by atoms with Crippen molar-refractivity contribution in [3.63, 3.8) is 0 Å². The molecule has 1 unspecified atom stereocenters. The first-order valence-corrected chi connectivity index (χ1v) is 14.1. The fourth-order valence-electron chi connectivity index (χ4n) is 4.00. The highest BCUT2D eigenvalue weighted by atomic mass is 31.2. The monoisotopic (exact) mass is 560 g/mol. The predicted octanol–water partition coefficient (Wildman–Crippen LogP) is 4.40. The minimum atomic E-state index is -3.20. The number of nitrogens with one attached hydrogen (secondary N) is 1. The van der Waals surface area contributed by atoms with Crippen molar-refractivity contribution in [2.75, 3.05) is 31.5 Å². The van der Waals surface area contributed by atoms with E-state index in [0.29, 0.717) is 49.8 Å². The lowest BCUT2D eigenvalue weighted by Crippen LogP contribution is -2.15. The quantitative estimate of drug-likeness (QED) is 0.144. The molecule has 15 heteroatoms.